The monoisotopic (exact) mass is 383 g/mol. The molecule has 0 unspecified atom stereocenters. The van der Waals surface area contributed by atoms with Gasteiger partial charge < -0.3 is 14.8 Å². The zero-order valence-electron chi connectivity index (χ0n) is 14.4. The molecule has 2 aromatic carbocycles. The summed E-state index contributed by atoms with van der Waals surface area (Å²) >= 11 is 6.10. The molecular formula is C21H18ClNO4. The first-order valence-electron chi connectivity index (χ1n) is 9.14. The minimum Gasteiger partial charge on any atom is -0.462 e. The maximum absolute atomic E-state index is 12.8. The number of fused-ring (bicyclic) bond motifs is 1. The molecule has 138 valence electrons. The van der Waals surface area contributed by atoms with E-state index in [0.29, 0.717) is 22.2 Å². The summed E-state index contributed by atoms with van der Waals surface area (Å²) in [5.74, 6) is 0.842. The number of rotatable bonds is 4. The molecule has 3 aliphatic rings. The van der Waals surface area contributed by atoms with E-state index < -0.39 is 0 Å². The Bertz CT molecular complexity index is 911. The average Bonchev–Trinajstić information content (AvgIpc) is 3.27. The topological polar surface area (TPSA) is 64.6 Å². The van der Waals surface area contributed by atoms with E-state index in [1.54, 1.807) is 36.4 Å². The molecule has 0 spiro atoms. The second-order valence-corrected chi connectivity index (χ2v) is 7.88. The van der Waals surface area contributed by atoms with Gasteiger partial charge in [-0.15, -0.1) is 0 Å². The highest BCUT2D eigenvalue weighted by Crippen LogP contribution is 2.57. The van der Waals surface area contributed by atoms with Gasteiger partial charge in [0.05, 0.1) is 16.9 Å². The highest BCUT2D eigenvalue weighted by Gasteiger charge is 2.63. The van der Waals surface area contributed by atoms with E-state index in [0.717, 1.165) is 12.8 Å². The van der Waals surface area contributed by atoms with Gasteiger partial charge in [0.2, 0.25) is 5.91 Å². The van der Waals surface area contributed by atoms with Crippen LogP contribution in [0.25, 0.3) is 0 Å². The Balaban J connectivity index is 1.27. The van der Waals surface area contributed by atoms with Gasteiger partial charge in [-0.2, -0.15) is 0 Å². The molecule has 1 amide bonds. The predicted molar refractivity (Wildman–Crippen MR) is 99.7 cm³/mol. The van der Waals surface area contributed by atoms with Gasteiger partial charge in [0, 0.05) is 11.6 Å². The van der Waals surface area contributed by atoms with Gasteiger partial charge in [-0.3, -0.25) is 9.59 Å². The predicted octanol–water partition coefficient (Wildman–Crippen LogP) is 4.27. The molecule has 27 heavy (non-hydrogen) atoms. The molecule has 5 nitrogen and oxygen atoms in total. The molecule has 5 rings (SSSR count). The van der Waals surface area contributed by atoms with Crippen LogP contribution in [0.15, 0.2) is 48.5 Å². The molecule has 2 bridgehead atoms. The molecule has 1 saturated heterocycles. The zero-order valence-corrected chi connectivity index (χ0v) is 15.2. The fourth-order valence-electron chi connectivity index (χ4n) is 4.85. The Morgan fingerprint density at radius 3 is 2.67 bits per heavy atom. The molecular weight excluding hydrogens is 366 g/mol. The fourth-order valence-corrected chi connectivity index (χ4v) is 5.02. The summed E-state index contributed by atoms with van der Waals surface area (Å²) in [7, 11) is 0. The molecule has 2 saturated carbocycles. The maximum atomic E-state index is 12.8. The van der Waals surface area contributed by atoms with Crippen molar-refractivity contribution < 1.29 is 19.1 Å². The van der Waals surface area contributed by atoms with Crippen LogP contribution in [0.3, 0.4) is 0 Å². The summed E-state index contributed by atoms with van der Waals surface area (Å²) in [6, 6.07) is 14.4. The van der Waals surface area contributed by atoms with Crippen LogP contribution in [0.5, 0.6) is 11.5 Å². The van der Waals surface area contributed by atoms with Gasteiger partial charge in [0.15, 0.2) is 0 Å². The SMILES string of the molecule is O=C(Nc1ccc(Oc2ccccc2Cl)cc1)[C@@H]1[C@@H]2C[C@@H]3[C@@H]1C(=O)O[C@@H]3C2. The van der Waals surface area contributed by atoms with Gasteiger partial charge in [0.25, 0.3) is 0 Å². The zero-order chi connectivity index (χ0) is 18.5. The van der Waals surface area contributed by atoms with Crippen LogP contribution in [-0.2, 0) is 14.3 Å². The van der Waals surface area contributed by atoms with E-state index in [1.807, 2.05) is 12.1 Å². The summed E-state index contributed by atoms with van der Waals surface area (Å²) < 4.78 is 11.2. The number of nitrogens with one attached hydrogen (secondary N) is 1. The van der Waals surface area contributed by atoms with Crippen LogP contribution in [0, 0.1) is 23.7 Å². The Morgan fingerprint density at radius 1 is 1.11 bits per heavy atom. The number of ether oxygens (including phenoxy) is 2. The van der Waals surface area contributed by atoms with Crippen molar-refractivity contribution in [3.05, 3.63) is 53.6 Å². The Hall–Kier alpha value is -2.53. The van der Waals surface area contributed by atoms with E-state index >= 15 is 0 Å². The van der Waals surface area contributed by atoms with E-state index in [4.69, 9.17) is 21.1 Å². The molecule has 3 fully saturated rings. The summed E-state index contributed by atoms with van der Waals surface area (Å²) in [6.07, 6.45) is 1.78. The summed E-state index contributed by atoms with van der Waals surface area (Å²) in [4.78, 5) is 24.9. The quantitative estimate of drug-likeness (QED) is 0.801. The summed E-state index contributed by atoms with van der Waals surface area (Å²) in [5.41, 5.74) is 0.678. The van der Waals surface area contributed by atoms with Crippen molar-refractivity contribution in [3.8, 4) is 11.5 Å². The molecule has 1 aliphatic heterocycles. The first-order valence-corrected chi connectivity index (χ1v) is 9.52. The van der Waals surface area contributed by atoms with Crippen molar-refractivity contribution in [1.82, 2.24) is 0 Å². The number of esters is 1. The van der Waals surface area contributed by atoms with Crippen molar-refractivity contribution in [2.45, 2.75) is 18.9 Å². The maximum Gasteiger partial charge on any atom is 0.310 e. The van der Waals surface area contributed by atoms with Gasteiger partial charge in [0.1, 0.15) is 17.6 Å². The lowest BCUT2D eigenvalue weighted by atomic mass is 9.79. The van der Waals surface area contributed by atoms with Gasteiger partial charge in [-0.25, -0.2) is 0 Å². The number of halogens is 1. The van der Waals surface area contributed by atoms with E-state index in [9.17, 15) is 9.59 Å². The number of amides is 1. The number of hydrogen-bond acceptors (Lipinski definition) is 4. The van der Waals surface area contributed by atoms with Crippen molar-refractivity contribution in [2.75, 3.05) is 5.32 Å². The second-order valence-electron chi connectivity index (χ2n) is 7.47. The Morgan fingerprint density at radius 2 is 1.89 bits per heavy atom. The van der Waals surface area contributed by atoms with Crippen LogP contribution in [-0.4, -0.2) is 18.0 Å². The van der Waals surface area contributed by atoms with Crippen LogP contribution < -0.4 is 10.1 Å². The normalized spacial score (nSPS) is 30.3. The molecule has 2 aromatic rings. The molecule has 5 atom stereocenters. The van der Waals surface area contributed by atoms with E-state index in [1.165, 1.54) is 0 Å². The largest absolute Gasteiger partial charge is 0.462 e. The number of anilines is 1. The Kier molecular flexibility index (Phi) is 3.86. The lowest BCUT2D eigenvalue weighted by molar-refractivity contribution is -0.145. The summed E-state index contributed by atoms with van der Waals surface area (Å²) in [5, 5.41) is 3.48. The van der Waals surface area contributed by atoms with Crippen LogP contribution in [0.1, 0.15) is 12.8 Å². The second kappa shape index (κ2) is 6.27. The van der Waals surface area contributed by atoms with Gasteiger partial charge in [-0.1, -0.05) is 23.7 Å². The van der Waals surface area contributed by atoms with E-state index in [2.05, 4.69) is 5.32 Å². The van der Waals surface area contributed by atoms with Crippen molar-refractivity contribution in [2.24, 2.45) is 23.7 Å². The van der Waals surface area contributed by atoms with Crippen molar-refractivity contribution in [3.63, 3.8) is 0 Å². The van der Waals surface area contributed by atoms with Gasteiger partial charge in [-0.05, 0) is 55.2 Å². The molecule has 0 radical (unpaired) electrons. The standard InChI is InChI=1S/C21H18ClNO4/c22-15-3-1-2-4-16(15)26-13-7-5-12(6-8-13)23-20(24)18-11-9-14-17(10-11)27-21(25)19(14)18/h1-8,11,14,17-19H,9-10H2,(H,23,24)/t11-,14+,17-,18-,19+/m1/s1. The molecule has 1 heterocycles. The Labute approximate surface area is 161 Å². The minimum absolute atomic E-state index is 0.0396. The molecule has 2 aliphatic carbocycles. The number of benzene rings is 2. The van der Waals surface area contributed by atoms with Crippen LogP contribution in [0.4, 0.5) is 5.69 Å². The van der Waals surface area contributed by atoms with Crippen molar-refractivity contribution in [1.29, 1.82) is 0 Å². The number of para-hydroxylation sites is 1. The minimum atomic E-state index is -0.277. The highest BCUT2D eigenvalue weighted by molar-refractivity contribution is 6.32. The smallest absolute Gasteiger partial charge is 0.310 e. The third-order valence-corrected chi connectivity index (χ3v) is 6.28. The fraction of sp³-hybridized carbons (Fsp3) is 0.333. The summed E-state index contributed by atoms with van der Waals surface area (Å²) in [6.45, 7) is 0. The lowest BCUT2D eigenvalue weighted by Gasteiger charge is -2.23. The molecule has 0 aromatic heterocycles. The number of carbonyl (C=O) groups is 2. The van der Waals surface area contributed by atoms with Crippen molar-refractivity contribution >= 4 is 29.2 Å². The highest BCUT2D eigenvalue weighted by atomic mass is 35.5. The lowest BCUT2D eigenvalue weighted by Crippen LogP contribution is -2.35. The average molecular weight is 384 g/mol. The van der Waals surface area contributed by atoms with Gasteiger partial charge >= 0.3 is 5.97 Å². The molecule has 6 heteroatoms. The van der Waals surface area contributed by atoms with E-state index in [-0.39, 0.29) is 41.7 Å². The number of hydrogen-bond donors (Lipinski definition) is 1. The number of carbonyl (C=O) groups excluding carboxylic acids is 2. The first kappa shape index (κ1) is 16.6. The first-order chi connectivity index (χ1) is 13.1. The van der Waals surface area contributed by atoms with Crippen LogP contribution in [0.2, 0.25) is 5.02 Å². The van der Waals surface area contributed by atoms with Crippen LogP contribution >= 0.6 is 11.6 Å². The third-order valence-electron chi connectivity index (χ3n) is 5.97. The third kappa shape index (κ3) is 2.77. The molecule has 1 N–H and O–H groups in total.